The summed E-state index contributed by atoms with van der Waals surface area (Å²) in [6.07, 6.45) is 0. The summed E-state index contributed by atoms with van der Waals surface area (Å²) in [6, 6.07) is 7.76. The number of benzene rings is 1. The molecule has 18 heavy (non-hydrogen) atoms. The highest BCUT2D eigenvalue weighted by Gasteiger charge is 2.44. The third-order valence-corrected chi connectivity index (χ3v) is 3.22. The molecule has 1 aromatic carbocycles. The van der Waals surface area contributed by atoms with E-state index in [1.165, 1.54) is 7.11 Å². The van der Waals surface area contributed by atoms with Crippen LogP contribution in [0.15, 0.2) is 24.3 Å². The Morgan fingerprint density at radius 3 is 2.44 bits per heavy atom. The fourth-order valence-electron chi connectivity index (χ4n) is 1.93. The van der Waals surface area contributed by atoms with Crippen LogP contribution in [0.3, 0.4) is 0 Å². The summed E-state index contributed by atoms with van der Waals surface area (Å²) in [5, 5.41) is 6.35. The fraction of sp³-hybridized carbons (Fsp3) is 0.462. The van der Waals surface area contributed by atoms with Gasteiger partial charge >= 0.3 is 5.97 Å². The normalized spacial score (nSPS) is 16.8. The lowest BCUT2D eigenvalue weighted by Gasteiger charge is -2.40. The maximum atomic E-state index is 11.7. The number of rotatable bonds is 5. The minimum Gasteiger partial charge on any atom is -0.497 e. The van der Waals surface area contributed by atoms with Crippen molar-refractivity contribution in [2.24, 2.45) is 0 Å². The molecule has 1 aliphatic rings. The molecule has 0 amide bonds. The minimum absolute atomic E-state index is 0.213. The van der Waals surface area contributed by atoms with E-state index in [9.17, 15) is 4.79 Å². The van der Waals surface area contributed by atoms with Gasteiger partial charge in [0.25, 0.3) is 0 Å². The summed E-state index contributed by atoms with van der Waals surface area (Å²) in [5.74, 6) is 0.613. The van der Waals surface area contributed by atoms with Gasteiger partial charge in [-0.05, 0) is 17.7 Å². The van der Waals surface area contributed by atoms with Crippen LogP contribution in [0.25, 0.3) is 0 Å². The summed E-state index contributed by atoms with van der Waals surface area (Å²) in [7, 11) is 3.05. The Balaban J connectivity index is 1.95. The molecule has 0 aliphatic carbocycles. The molecular weight excluding hydrogens is 232 g/mol. The first kappa shape index (κ1) is 12.9. The predicted octanol–water partition coefficient (Wildman–Crippen LogP) is 0.300. The zero-order valence-electron chi connectivity index (χ0n) is 10.7. The van der Waals surface area contributed by atoms with Gasteiger partial charge in [-0.2, -0.15) is 0 Å². The summed E-state index contributed by atoms with van der Waals surface area (Å²) >= 11 is 0. The third kappa shape index (κ3) is 2.47. The Bertz CT molecular complexity index is 413. The van der Waals surface area contributed by atoms with E-state index < -0.39 is 5.54 Å². The summed E-state index contributed by atoms with van der Waals surface area (Å²) < 4.78 is 9.92. The first-order chi connectivity index (χ1) is 8.70. The maximum Gasteiger partial charge on any atom is 0.328 e. The van der Waals surface area contributed by atoms with Crippen molar-refractivity contribution in [1.82, 2.24) is 10.6 Å². The Labute approximate surface area is 106 Å². The number of esters is 1. The molecule has 0 radical (unpaired) electrons. The number of ether oxygens (including phenoxy) is 2. The average Bonchev–Trinajstić information content (AvgIpc) is 2.37. The molecule has 2 N–H and O–H groups in total. The Morgan fingerprint density at radius 1 is 1.33 bits per heavy atom. The second kappa shape index (κ2) is 5.37. The van der Waals surface area contributed by atoms with Crippen LogP contribution >= 0.6 is 0 Å². The predicted molar refractivity (Wildman–Crippen MR) is 67.5 cm³/mol. The summed E-state index contributed by atoms with van der Waals surface area (Å²) in [6.45, 7) is 1.84. The summed E-state index contributed by atoms with van der Waals surface area (Å²) in [5.41, 5.74) is 0.528. The number of carbonyl (C=O) groups excluding carboxylic acids is 1. The van der Waals surface area contributed by atoms with Crippen LogP contribution in [0, 0.1) is 0 Å². The standard InChI is InChI=1S/C13H18N2O3/c1-17-11-5-3-10(4-6-11)7-15-13(8-14-9-13)12(16)18-2/h3-6,14-15H,7-9H2,1-2H3. The van der Waals surface area contributed by atoms with Crippen LogP contribution in [0.5, 0.6) is 5.75 Å². The zero-order valence-corrected chi connectivity index (χ0v) is 10.7. The van der Waals surface area contributed by atoms with Gasteiger partial charge in [0.1, 0.15) is 11.3 Å². The van der Waals surface area contributed by atoms with Gasteiger partial charge in [-0.15, -0.1) is 0 Å². The highest BCUT2D eigenvalue weighted by Crippen LogP contribution is 2.16. The van der Waals surface area contributed by atoms with Gasteiger partial charge in [0.2, 0.25) is 0 Å². The smallest absolute Gasteiger partial charge is 0.328 e. The quantitative estimate of drug-likeness (QED) is 0.736. The highest BCUT2D eigenvalue weighted by molar-refractivity contribution is 5.82. The molecule has 98 valence electrons. The molecule has 0 spiro atoms. The molecule has 0 unspecified atom stereocenters. The van der Waals surface area contributed by atoms with Crippen molar-refractivity contribution in [1.29, 1.82) is 0 Å². The second-order valence-corrected chi connectivity index (χ2v) is 4.38. The van der Waals surface area contributed by atoms with Crippen LogP contribution in [0.1, 0.15) is 5.56 Å². The number of hydrogen-bond donors (Lipinski definition) is 2. The largest absolute Gasteiger partial charge is 0.497 e. The van der Waals surface area contributed by atoms with Crippen LogP contribution in [-0.4, -0.2) is 38.8 Å². The lowest BCUT2D eigenvalue weighted by molar-refractivity contribution is -0.151. The van der Waals surface area contributed by atoms with E-state index in [2.05, 4.69) is 10.6 Å². The van der Waals surface area contributed by atoms with Crippen molar-refractivity contribution in [2.45, 2.75) is 12.1 Å². The minimum atomic E-state index is -0.575. The zero-order chi connectivity index (χ0) is 13.0. The third-order valence-electron chi connectivity index (χ3n) is 3.22. The van der Waals surface area contributed by atoms with Crippen LogP contribution in [0.4, 0.5) is 0 Å². The van der Waals surface area contributed by atoms with E-state index in [4.69, 9.17) is 9.47 Å². The van der Waals surface area contributed by atoms with Gasteiger partial charge in [0.05, 0.1) is 14.2 Å². The Morgan fingerprint density at radius 2 is 2.00 bits per heavy atom. The molecule has 0 saturated carbocycles. The fourth-order valence-corrected chi connectivity index (χ4v) is 1.93. The Hall–Kier alpha value is -1.59. The molecular formula is C13H18N2O3. The Kier molecular flexibility index (Phi) is 3.84. The number of hydrogen-bond acceptors (Lipinski definition) is 5. The molecule has 0 atom stereocenters. The van der Waals surface area contributed by atoms with Gasteiger partial charge in [-0.1, -0.05) is 12.1 Å². The first-order valence-corrected chi connectivity index (χ1v) is 5.87. The lowest BCUT2D eigenvalue weighted by Crippen LogP contribution is -2.72. The van der Waals surface area contributed by atoms with Gasteiger partial charge in [0.15, 0.2) is 0 Å². The van der Waals surface area contributed by atoms with Gasteiger partial charge < -0.3 is 14.8 Å². The van der Waals surface area contributed by atoms with Crippen LogP contribution < -0.4 is 15.4 Å². The van der Waals surface area contributed by atoms with E-state index in [1.807, 2.05) is 24.3 Å². The topological polar surface area (TPSA) is 59.6 Å². The number of carbonyl (C=O) groups is 1. The lowest BCUT2D eigenvalue weighted by atomic mass is 9.92. The molecule has 0 bridgehead atoms. The van der Waals surface area contributed by atoms with Gasteiger partial charge in [-0.3, -0.25) is 5.32 Å². The molecule has 2 rings (SSSR count). The second-order valence-electron chi connectivity index (χ2n) is 4.38. The van der Waals surface area contributed by atoms with Crippen molar-refractivity contribution in [3.63, 3.8) is 0 Å². The van der Waals surface area contributed by atoms with E-state index in [-0.39, 0.29) is 5.97 Å². The molecule has 1 saturated heterocycles. The molecule has 1 aromatic rings. The molecule has 5 heteroatoms. The van der Waals surface area contributed by atoms with Crippen LogP contribution in [0.2, 0.25) is 0 Å². The number of nitrogens with one attached hydrogen (secondary N) is 2. The van der Waals surface area contributed by atoms with E-state index in [0.717, 1.165) is 11.3 Å². The van der Waals surface area contributed by atoms with Gasteiger partial charge in [-0.25, -0.2) is 4.79 Å². The molecule has 5 nitrogen and oxygen atoms in total. The van der Waals surface area contributed by atoms with Crippen molar-refractivity contribution in [3.05, 3.63) is 29.8 Å². The van der Waals surface area contributed by atoms with E-state index in [1.54, 1.807) is 7.11 Å². The highest BCUT2D eigenvalue weighted by atomic mass is 16.5. The van der Waals surface area contributed by atoms with Crippen molar-refractivity contribution in [3.8, 4) is 5.75 Å². The molecule has 1 aliphatic heterocycles. The molecule has 0 aromatic heterocycles. The van der Waals surface area contributed by atoms with Crippen LogP contribution in [-0.2, 0) is 16.1 Å². The first-order valence-electron chi connectivity index (χ1n) is 5.87. The van der Waals surface area contributed by atoms with E-state index in [0.29, 0.717) is 19.6 Å². The maximum absolute atomic E-state index is 11.7. The van der Waals surface area contributed by atoms with Crippen molar-refractivity contribution < 1.29 is 14.3 Å². The summed E-state index contributed by atoms with van der Waals surface area (Å²) in [4.78, 5) is 11.7. The average molecular weight is 250 g/mol. The van der Waals surface area contributed by atoms with Crippen molar-refractivity contribution in [2.75, 3.05) is 27.3 Å². The van der Waals surface area contributed by atoms with Crippen molar-refractivity contribution >= 4 is 5.97 Å². The van der Waals surface area contributed by atoms with Gasteiger partial charge in [0, 0.05) is 19.6 Å². The van der Waals surface area contributed by atoms with E-state index >= 15 is 0 Å². The SMILES string of the molecule is COC(=O)C1(NCc2ccc(OC)cc2)CNC1. The molecule has 1 fully saturated rings. The monoisotopic (exact) mass is 250 g/mol. The number of methoxy groups -OCH3 is 2. The molecule has 1 heterocycles.